The van der Waals surface area contributed by atoms with Gasteiger partial charge in [-0.15, -0.1) is 0 Å². The minimum atomic E-state index is 0.769. The van der Waals surface area contributed by atoms with Crippen molar-refractivity contribution in [2.24, 2.45) is 9.98 Å². The highest BCUT2D eigenvalue weighted by molar-refractivity contribution is 5.86. The van der Waals surface area contributed by atoms with Crippen molar-refractivity contribution in [1.82, 2.24) is 0 Å². The zero-order valence-corrected chi connectivity index (χ0v) is 20.5. The van der Waals surface area contributed by atoms with Gasteiger partial charge in [-0.05, 0) is 72.5 Å². The standard InChI is InChI=1S/C30H36N2O2/c1-3-5-7-21-33-29-17-13-27(14-18-29)31-23-25-9-11-26(12-10-25)24-32-28-15-19-30(20-16-28)34-22-8-6-4-2/h9-20,23-24H,3-8,21-22H2,1-2H3. The number of hydrogen-bond acceptors (Lipinski definition) is 4. The monoisotopic (exact) mass is 456 g/mol. The molecule has 0 saturated heterocycles. The summed E-state index contributed by atoms with van der Waals surface area (Å²) >= 11 is 0. The molecule has 3 rings (SSSR count). The summed E-state index contributed by atoms with van der Waals surface area (Å²) in [6.45, 7) is 5.93. The van der Waals surface area contributed by atoms with E-state index in [9.17, 15) is 0 Å². The molecule has 4 heteroatoms. The Morgan fingerprint density at radius 3 is 1.26 bits per heavy atom. The fourth-order valence-corrected chi connectivity index (χ4v) is 3.31. The third kappa shape index (κ3) is 9.22. The largest absolute Gasteiger partial charge is 0.494 e. The Kier molecular flexibility index (Phi) is 10.9. The summed E-state index contributed by atoms with van der Waals surface area (Å²) in [5.74, 6) is 1.79. The molecule has 0 aliphatic heterocycles. The molecule has 0 aliphatic carbocycles. The van der Waals surface area contributed by atoms with Gasteiger partial charge in [0.2, 0.25) is 0 Å². The van der Waals surface area contributed by atoms with E-state index in [1.165, 1.54) is 25.7 Å². The van der Waals surface area contributed by atoms with Crippen LogP contribution in [-0.2, 0) is 0 Å². The first-order valence-corrected chi connectivity index (χ1v) is 12.4. The molecule has 0 fully saturated rings. The number of nitrogens with zero attached hydrogens (tertiary/aromatic N) is 2. The number of aliphatic imine (C=N–C) groups is 2. The van der Waals surface area contributed by atoms with Crippen molar-refractivity contribution in [2.45, 2.75) is 52.4 Å². The highest BCUT2D eigenvalue weighted by Crippen LogP contribution is 2.20. The topological polar surface area (TPSA) is 43.2 Å². The summed E-state index contributed by atoms with van der Waals surface area (Å²) in [5.41, 5.74) is 3.90. The summed E-state index contributed by atoms with van der Waals surface area (Å²) < 4.78 is 11.5. The van der Waals surface area contributed by atoms with Crippen molar-refractivity contribution >= 4 is 23.8 Å². The van der Waals surface area contributed by atoms with E-state index in [4.69, 9.17) is 9.47 Å². The maximum Gasteiger partial charge on any atom is 0.119 e. The first-order chi connectivity index (χ1) is 16.8. The van der Waals surface area contributed by atoms with Crippen LogP contribution in [0.5, 0.6) is 11.5 Å². The Morgan fingerprint density at radius 2 is 0.912 bits per heavy atom. The second-order valence-electron chi connectivity index (χ2n) is 8.28. The Balaban J connectivity index is 1.47. The molecule has 3 aromatic carbocycles. The molecule has 4 nitrogen and oxygen atoms in total. The molecule has 0 radical (unpaired) electrons. The number of unbranched alkanes of at least 4 members (excludes halogenated alkanes) is 4. The average Bonchev–Trinajstić information content (AvgIpc) is 2.89. The maximum atomic E-state index is 5.75. The molecule has 0 bridgehead atoms. The Morgan fingerprint density at radius 1 is 0.529 bits per heavy atom. The normalized spacial score (nSPS) is 11.4. The molecule has 0 heterocycles. The van der Waals surface area contributed by atoms with Crippen molar-refractivity contribution in [3.05, 3.63) is 83.9 Å². The molecule has 3 aromatic rings. The Bertz CT molecular complexity index is 923. The molecular weight excluding hydrogens is 420 g/mol. The molecule has 0 saturated carbocycles. The van der Waals surface area contributed by atoms with Gasteiger partial charge in [0, 0.05) is 12.4 Å². The van der Waals surface area contributed by atoms with E-state index in [-0.39, 0.29) is 0 Å². The molecule has 0 aliphatic rings. The SMILES string of the molecule is CCCCCOc1ccc(N=Cc2ccc(C=Nc3ccc(OCCCCC)cc3)cc2)cc1. The molecule has 34 heavy (non-hydrogen) atoms. The van der Waals surface area contributed by atoms with Gasteiger partial charge in [0.1, 0.15) is 11.5 Å². The van der Waals surface area contributed by atoms with Crippen LogP contribution in [0.1, 0.15) is 63.5 Å². The molecule has 0 atom stereocenters. The zero-order valence-electron chi connectivity index (χ0n) is 20.5. The van der Waals surface area contributed by atoms with Gasteiger partial charge < -0.3 is 9.47 Å². The van der Waals surface area contributed by atoms with Crippen LogP contribution < -0.4 is 9.47 Å². The lowest BCUT2D eigenvalue weighted by Crippen LogP contribution is -1.96. The summed E-state index contributed by atoms with van der Waals surface area (Å²) in [7, 11) is 0. The van der Waals surface area contributed by atoms with Crippen molar-refractivity contribution in [2.75, 3.05) is 13.2 Å². The lowest BCUT2D eigenvalue weighted by atomic mass is 10.1. The van der Waals surface area contributed by atoms with Gasteiger partial charge in [-0.2, -0.15) is 0 Å². The molecule has 0 amide bonds. The van der Waals surface area contributed by atoms with Crippen LogP contribution in [-0.4, -0.2) is 25.6 Å². The first kappa shape index (κ1) is 25.2. The molecule has 178 valence electrons. The third-order valence-electron chi connectivity index (χ3n) is 5.37. The highest BCUT2D eigenvalue weighted by atomic mass is 16.5. The molecule has 0 aromatic heterocycles. The van der Waals surface area contributed by atoms with Crippen molar-refractivity contribution < 1.29 is 9.47 Å². The van der Waals surface area contributed by atoms with Gasteiger partial charge in [-0.25, -0.2) is 0 Å². The summed E-state index contributed by atoms with van der Waals surface area (Å²) in [4.78, 5) is 9.13. The Labute approximate surface area is 204 Å². The van der Waals surface area contributed by atoms with Gasteiger partial charge in [0.05, 0.1) is 24.6 Å². The number of rotatable bonds is 14. The fourth-order valence-electron chi connectivity index (χ4n) is 3.31. The lowest BCUT2D eigenvalue weighted by molar-refractivity contribution is 0.306. The molecule has 0 N–H and O–H groups in total. The third-order valence-corrected chi connectivity index (χ3v) is 5.37. The smallest absolute Gasteiger partial charge is 0.119 e. The molecule has 0 spiro atoms. The lowest BCUT2D eigenvalue weighted by Gasteiger charge is -2.05. The predicted octanol–water partition coefficient (Wildman–Crippen LogP) is 8.33. The highest BCUT2D eigenvalue weighted by Gasteiger charge is 1.97. The van der Waals surface area contributed by atoms with Gasteiger partial charge in [-0.3, -0.25) is 9.98 Å². The fraction of sp³-hybridized carbons (Fsp3) is 0.333. The number of benzene rings is 3. The van der Waals surface area contributed by atoms with Crippen LogP contribution in [0.15, 0.2) is 82.8 Å². The number of hydrogen-bond donors (Lipinski definition) is 0. The van der Waals surface area contributed by atoms with Crippen molar-refractivity contribution in [3.8, 4) is 11.5 Å². The quantitative estimate of drug-likeness (QED) is 0.181. The minimum Gasteiger partial charge on any atom is -0.494 e. The summed E-state index contributed by atoms with van der Waals surface area (Å²) in [5, 5.41) is 0. The maximum absolute atomic E-state index is 5.75. The van der Waals surface area contributed by atoms with E-state index in [0.717, 1.165) is 60.1 Å². The van der Waals surface area contributed by atoms with E-state index in [0.29, 0.717) is 0 Å². The van der Waals surface area contributed by atoms with E-state index in [1.54, 1.807) is 0 Å². The van der Waals surface area contributed by atoms with Gasteiger partial charge in [0.15, 0.2) is 0 Å². The second kappa shape index (κ2) is 14.7. The van der Waals surface area contributed by atoms with Crippen molar-refractivity contribution in [3.63, 3.8) is 0 Å². The van der Waals surface area contributed by atoms with E-state index in [2.05, 4.69) is 23.8 Å². The van der Waals surface area contributed by atoms with E-state index in [1.807, 2.05) is 85.2 Å². The van der Waals surface area contributed by atoms with Crippen LogP contribution in [0.2, 0.25) is 0 Å². The van der Waals surface area contributed by atoms with Gasteiger partial charge >= 0.3 is 0 Å². The predicted molar refractivity (Wildman–Crippen MR) is 144 cm³/mol. The van der Waals surface area contributed by atoms with Crippen LogP contribution in [0.3, 0.4) is 0 Å². The summed E-state index contributed by atoms with van der Waals surface area (Å²) in [6.07, 6.45) is 10.7. The van der Waals surface area contributed by atoms with Crippen LogP contribution in [0.25, 0.3) is 0 Å². The summed E-state index contributed by atoms with van der Waals surface area (Å²) in [6, 6.07) is 24.0. The van der Waals surface area contributed by atoms with Crippen LogP contribution in [0.4, 0.5) is 11.4 Å². The first-order valence-electron chi connectivity index (χ1n) is 12.4. The average molecular weight is 457 g/mol. The molecular formula is C30H36N2O2. The van der Waals surface area contributed by atoms with Crippen LogP contribution >= 0.6 is 0 Å². The Hall–Kier alpha value is -3.40. The van der Waals surface area contributed by atoms with E-state index >= 15 is 0 Å². The molecule has 0 unspecified atom stereocenters. The van der Waals surface area contributed by atoms with Gasteiger partial charge in [0.25, 0.3) is 0 Å². The minimum absolute atomic E-state index is 0.769. The van der Waals surface area contributed by atoms with Gasteiger partial charge in [-0.1, -0.05) is 63.8 Å². The van der Waals surface area contributed by atoms with Crippen molar-refractivity contribution in [1.29, 1.82) is 0 Å². The van der Waals surface area contributed by atoms with E-state index < -0.39 is 0 Å². The number of ether oxygens (including phenoxy) is 2. The zero-order chi connectivity index (χ0) is 23.8. The van der Waals surface area contributed by atoms with Crippen LogP contribution in [0, 0.1) is 0 Å². The second-order valence-corrected chi connectivity index (χ2v) is 8.28.